The Balaban J connectivity index is 1.70. The first-order valence-electron chi connectivity index (χ1n) is 11.7. The fraction of sp³-hybridized carbons (Fsp3) is 0.280. The van der Waals surface area contributed by atoms with Crippen LogP contribution in [0.4, 0.5) is 17.3 Å². The summed E-state index contributed by atoms with van der Waals surface area (Å²) < 4.78 is 6.51. The minimum atomic E-state index is -0.801. The quantitative estimate of drug-likeness (QED) is 0.225. The van der Waals surface area contributed by atoms with Gasteiger partial charge in [-0.05, 0) is 50.1 Å². The van der Waals surface area contributed by atoms with Crippen LogP contribution in [0.1, 0.15) is 48.1 Å². The fourth-order valence-electron chi connectivity index (χ4n) is 4.05. The predicted molar refractivity (Wildman–Crippen MR) is 134 cm³/mol. The van der Waals surface area contributed by atoms with Crippen molar-refractivity contribution in [2.24, 2.45) is 0 Å². The summed E-state index contributed by atoms with van der Waals surface area (Å²) >= 11 is 0. The Labute approximate surface area is 212 Å². The molecule has 1 aliphatic rings. The van der Waals surface area contributed by atoms with Crippen LogP contribution in [0.15, 0.2) is 59.8 Å². The van der Waals surface area contributed by atoms with Crippen molar-refractivity contribution in [3.63, 3.8) is 0 Å². The fourth-order valence-corrected chi connectivity index (χ4v) is 4.05. The molecular formula is C25H26N6O6. The van der Waals surface area contributed by atoms with E-state index in [-0.39, 0.29) is 18.9 Å². The number of aryl methyl sites for hydroxylation is 1. The molecule has 1 aliphatic heterocycles. The number of carbonyl (C=O) groups excluding carboxylic acids is 2. The maximum absolute atomic E-state index is 13.6. The van der Waals surface area contributed by atoms with Crippen molar-refractivity contribution in [2.45, 2.75) is 32.7 Å². The van der Waals surface area contributed by atoms with Gasteiger partial charge < -0.3 is 20.5 Å². The van der Waals surface area contributed by atoms with E-state index in [2.05, 4.69) is 20.7 Å². The van der Waals surface area contributed by atoms with E-state index in [1.807, 2.05) is 0 Å². The number of esters is 1. The van der Waals surface area contributed by atoms with Crippen LogP contribution in [0.5, 0.6) is 0 Å². The number of fused-ring (bicyclic) bond motifs is 1. The first-order valence-corrected chi connectivity index (χ1v) is 11.7. The maximum Gasteiger partial charge on any atom is 0.338 e. The lowest BCUT2D eigenvalue weighted by Crippen LogP contribution is -2.31. The van der Waals surface area contributed by atoms with Gasteiger partial charge in [0, 0.05) is 36.5 Å². The third-order valence-corrected chi connectivity index (χ3v) is 5.75. The van der Waals surface area contributed by atoms with Crippen molar-refractivity contribution in [1.29, 1.82) is 0 Å². The molecule has 2 aromatic carbocycles. The Hall–Kier alpha value is -4.58. The number of aliphatic hydroxyl groups excluding tert-OH is 1. The Kier molecular flexibility index (Phi) is 7.58. The van der Waals surface area contributed by atoms with E-state index < -0.39 is 22.8 Å². The molecule has 1 aromatic heterocycles. The molecule has 1 atom stereocenters. The lowest BCUT2D eigenvalue weighted by Gasteiger charge is -2.28. The standard InChI is InChI=1S/C25H26N6O6/c1-3-37-24(34)16-9-11-18(12-10-16)27-23(33)21-15(2)26-25-28-20(8-5-13-32)29-30(25)22(21)17-6-4-7-19(14-17)31(35)36/h4,6-7,9-12,14,22,32H,3,5,8,13H2,1-2H3,(H,27,33)(H,26,28,29)/t22-/m1/s1. The minimum absolute atomic E-state index is 0.0223. The van der Waals surface area contributed by atoms with Gasteiger partial charge in [0.2, 0.25) is 5.95 Å². The number of benzene rings is 2. The largest absolute Gasteiger partial charge is 0.462 e. The second-order valence-electron chi connectivity index (χ2n) is 8.29. The van der Waals surface area contributed by atoms with E-state index in [1.165, 1.54) is 16.8 Å². The number of aliphatic hydroxyl groups is 1. The lowest BCUT2D eigenvalue weighted by atomic mass is 9.94. The third kappa shape index (κ3) is 5.48. The van der Waals surface area contributed by atoms with Gasteiger partial charge in [-0.2, -0.15) is 10.1 Å². The van der Waals surface area contributed by atoms with Crippen molar-refractivity contribution in [3.8, 4) is 0 Å². The second kappa shape index (κ2) is 11.0. The number of nitrogens with one attached hydrogen (secondary N) is 2. The molecule has 0 saturated heterocycles. The third-order valence-electron chi connectivity index (χ3n) is 5.75. The molecule has 3 aromatic rings. The van der Waals surface area contributed by atoms with Gasteiger partial charge in [0.25, 0.3) is 11.6 Å². The molecule has 2 heterocycles. The van der Waals surface area contributed by atoms with Crippen LogP contribution in [-0.2, 0) is 16.0 Å². The smallest absolute Gasteiger partial charge is 0.338 e. The maximum atomic E-state index is 13.6. The van der Waals surface area contributed by atoms with E-state index in [9.17, 15) is 24.8 Å². The molecular weight excluding hydrogens is 480 g/mol. The summed E-state index contributed by atoms with van der Waals surface area (Å²) in [6.45, 7) is 3.66. The van der Waals surface area contributed by atoms with Crippen molar-refractivity contribution in [3.05, 3.63) is 86.9 Å². The summed E-state index contributed by atoms with van der Waals surface area (Å²) in [7, 11) is 0. The Morgan fingerprint density at radius 2 is 2.00 bits per heavy atom. The number of ether oxygens (including phenoxy) is 1. The van der Waals surface area contributed by atoms with E-state index in [0.29, 0.717) is 52.7 Å². The lowest BCUT2D eigenvalue weighted by molar-refractivity contribution is -0.384. The van der Waals surface area contributed by atoms with Crippen LogP contribution in [0, 0.1) is 10.1 Å². The van der Waals surface area contributed by atoms with Crippen LogP contribution < -0.4 is 10.6 Å². The Morgan fingerprint density at radius 1 is 1.24 bits per heavy atom. The molecule has 0 fully saturated rings. The van der Waals surface area contributed by atoms with Crippen molar-refractivity contribution in [2.75, 3.05) is 23.8 Å². The first kappa shape index (κ1) is 25.5. The van der Waals surface area contributed by atoms with E-state index in [0.717, 1.165) is 0 Å². The molecule has 0 aliphatic carbocycles. The number of anilines is 2. The highest BCUT2D eigenvalue weighted by Gasteiger charge is 2.35. The molecule has 4 rings (SSSR count). The topological polar surface area (TPSA) is 162 Å². The molecule has 0 radical (unpaired) electrons. The zero-order valence-electron chi connectivity index (χ0n) is 20.3. The van der Waals surface area contributed by atoms with Crippen LogP contribution in [0.25, 0.3) is 0 Å². The van der Waals surface area contributed by atoms with Gasteiger partial charge in [0.05, 0.1) is 22.7 Å². The van der Waals surface area contributed by atoms with Gasteiger partial charge >= 0.3 is 5.97 Å². The average Bonchev–Trinajstić information content (AvgIpc) is 3.29. The van der Waals surface area contributed by atoms with Crippen molar-refractivity contribution < 1.29 is 24.4 Å². The van der Waals surface area contributed by atoms with E-state index in [1.54, 1.807) is 50.2 Å². The zero-order valence-corrected chi connectivity index (χ0v) is 20.3. The molecule has 0 bridgehead atoms. The first-order chi connectivity index (χ1) is 17.8. The van der Waals surface area contributed by atoms with Gasteiger partial charge in [-0.15, -0.1) is 0 Å². The predicted octanol–water partition coefficient (Wildman–Crippen LogP) is 3.22. The second-order valence-corrected chi connectivity index (χ2v) is 8.29. The van der Waals surface area contributed by atoms with E-state index in [4.69, 9.17) is 4.74 Å². The summed E-state index contributed by atoms with van der Waals surface area (Å²) in [6.07, 6.45) is 0.889. The highest BCUT2D eigenvalue weighted by molar-refractivity contribution is 6.06. The number of nitrogens with zero attached hydrogens (tertiary/aromatic N) is 4. The number of rotatable bonds is 9. The van der Waals surface area contributed by atoms with Crippen LogP contribution >= 0.6 is 0 Å². The highest BCUT2D eigenvalue weighted by atomic mass is 16.6. The molecule has 3 N–H and O–H groups in total. The number of nitro benzene ring substituents is 1. The molecule has 0 unspecified atom stereocenters. The molecule has 12 heteroatoms. The van der Waals surface area contributed by atoms with E-state index >= 15 is 0 Å². The van der Waals surface area contributed by atoms with Crippen molar-refractivity contribution >= 4 is 29.2 Å². The van der Waals surface area contributed by atoms with Crippen LogP contribution in [0.2, 0.25) is 0 Å². The molecule has 0 saturated carbocycles. The summed E-state index contributed by atoms with van der Waals surface area (Å²) in [4.78, 5) is 40.9. The van der Waals surface area contributed by atoms with Gasteiger partial charge in [0.1, 0.15) is 6.04 Å². The SMILES string of the molecule is CCOC(=O)c1ccc(NC(=O)C2=C(C)Nc3nc(CCCO)nn3[C@@H]2c2cccc([N+](=O)[O-])c2)cc1. The van der Waals surface area contributed by atoms with Gasteiger partial charge in [-0.25, -0.2) is 9.48 Å². The average molecular weight is 507 g/mol. The molecule has 0 spiro atoms. The van der Waals surface area contributed by atoms with Crippen LogP contribution in [0.3, 0.4) is 0 Å². The zero-order chi connectivity index (χ0) is 26.5. The number of allylic oxidation sites excluding steroid dienone is 1. The number of hydrogen-bond donors (Lipinski definition) is 3. The molecule has 12 nitrogen and oxygen atoms in total. The number of amides is 1. The number of nitro groups is 1. The number of hydrogen-bond acceptors (Lipinski definition) is 9. The molecule has 1 amide bonds. The summed E-state index contributed by atoms with van der Waals surface area (Å²) in [6, 6.07) is 11.5. The highest BCUT2D eigenvalue weighted by Crippen LogP contribution is 2.36. The summed E-state index contributed by atoms with van der Waals surface area (Å²) in [5, 5.41) is 31.1. The summed E-state index contributed by atoms with van der Waals surface area (Å²) in [5.74, 6) is -0.0615. The Morgan fingerprint density at radius 3 is 2.68 bits per heavy atom. The van der Waals surface area contributed by atoms with Gasteiger partial charge in [-0.3, -0.25) is 14.9 Å². The minimum Gasteiger partial charge on any atom is -0.462 e. The number of carbonyl (C=O) groups is 2. The van der Waals surface area contributed by atoms with Gasteiger partial charge in [0.15, 0.2) is 5.82 Å². The number of non-ortho nitro benzene ring substituents is 1. The molecule has 192 valence electrons. The van der Waals surface area contributed by atoms with Gasteiger partial charge in [-0.1, -0.05) is 12.1 Å². The normalized spacial score (nSPS) is 14.5. The number of aromatic nitrogens is 3. The molecule has 37 heavy (non-hydrogen) atoms. The monoisotopic (exact) mass is 506 g/mol. The Bertz CT molecular complexity index is 1360. The summed E-state index contributed by atoms with van der Waals surface area (Å²) in [5.41, 5.74) is 1.96. The van der Waals surface area contributed by atoms with Crippen molar-refractivity contribution in [1.82, 2.24) is 14.8 Å². The van der Waals surface area contributed by atoms with Crippen LogP contribution in [-0.4, -0.2) is 49.9 Å².